The molecule has 112 valence electrons. The van der Waals surface area contributed by atoms with Crippen LogP contribution in [-0.2, 0) is 0 Å². The molecule has 1 saturated carbocycles. The van der Waals surface area contributed by atoms with Crippen molar-refractivity contribution in [1.82, 2.24) is 15.3 Å². The van der Waals surface area contributed by atoms with E-state index in [0.29, 0.717) is 17.1 Å². The Morgan fingerprint density at radius 3 is 2.81 bits per heavy atom. The topological polar surface area (TPSA) is 72.7 Å². The Morgan fingerprint density at radius 1 is 1.24 bits per heavy atom. The van der Waals surface area contributed by atoms with Crippen molar-refractivity contribution in [3.8, 4) is 0 Å². The van der Waals surface area contributed by atoms with Gasteiger partial charge in [0.25, 0.3) is 0 Å². The molecule has 0 spiro atoms. The Morgan fingerprint density at radius 2 is 2.00 bits per heavy atom. The fourth-order valence-corrected chi connectivity index (χ4v) is 3.25. The Hall–Kier alpha value is -1.82. The summed E-state index contributed by atoms with van der Waals surface area (Å²) in [5, 5.41) is 7.25. The smallest absolute Gasteiger partial charge is 0.323 e. The number of imidazole rings is 1. The molecule has 4 N–H and O–H groups in total. The van der Waals surface area contributed by atoms with E-state index in [1.807, 2.05) is 18.2 Å². The lowest BCUT2D eigenvalue weighted by Crippen LogP contribution is -2.43. The highest BCUT2D eigenvalue weighted by atomic mass is 32.1. The fourth-order valence-electron chi connectivity index (χ4n) is 2.98. The van der Waals surface area contributed by atoms with Crippen molar-refractivity contribution in [3.63, 3.8) is 0 Å². The third-order valence-electron chi connectivity index (χ3n) is 4.20. The maximum Gasteiger partial charge on any atom is 0.323 e. The number of H-pyrrole nitrogens is 2. The van der Waals surface area contributed by atoms with Crippen LogP contribution in [0.2, 0.25) is 0 Å². The third-order valence-corrected chi connectivity index (χ3v) is 4.42. The molecule has 1 fully saturated rings. The zero-order valence-electron chi connectivity index (χ0n) is 12.0. The SMILES string of the molecule is C[C@H]1CCCC[C@H]1NC(=S)Nc1ccc2[nH]c(=O)[nH]c2c1. The molecule has 1 aliphatic rings. The van der Waals surface area contributed by atoms with Crippen molar-refractivity contribution in [2.45, 2.75) is 38.6 Å². The highest BCUT2D eigenvalue weighted by Crippen LogP contribution is 2.24. The van der Waals surface area contributed by atoms with E-state index in [4.69, 9.17) is 12.2 Å². The standard InChI is InChI=1S/C15H20N4OS/c1-9-4-2-3-5-11(9)19-15(21)16-10-6-7-12-13(8-10)18-14(20)17-12/h6-9,11H,2-5H2,1H3,(H2,16,19,21)(H2,17,18,20)/t9-,11+/m0/s1. The minimum absolute atomic E-state index is 0.195. The summed E-state index contributed by atoms with van der Waals surface area (Å²) in [6.07, 6.45) is 5.02. The number of hydrogen-bond acceptors (Lipinski definition) is 2. The van der Waals surface area contributed by atoms with Gasteiger partial charge in [-0.05, 0) is 49.2 Å². The van der Waals surface area contributed by atoms with E-state index in [0.717, 1.165) is 16.7 Å². The molecule has 1 aromatic heterocycles. The molecule has 3 rings (SSSR count). The van der Waals surface area contributed by atoms with Gasteiger partial charge in [0.2, 0.25) is 0 Å². The largest absolute Gasteiger partial charge is 0.359 e. The average Bonchev–Trinajstić information content (AvgIpc) is 2.80. The van der Waals surface area contributed by atoms with Crippen LogP contribution in [0.3, 0.4) is 0 Å². The van der Waals surface area contributed by atoms with E-state index < -0.39 is 0 Å². The maximum atomic E-state index is 11.3. The van der Waals surface area contributed by atoms with Crippen molar-refractivity contribution in [3.05, 3.63) is 28.7 Å². The molecule has 0 amide bonds. The van der Waals surface area contributed by atoms with Crippen LogP contribution in [0.15, 0.2) is 23.0 Å². The lowest BCUT2D eigenvalue weighted by Gasteiger charge is -2.30. The zero-order valence-corrected chi connectivity index (χ0v) is 12.8. The molecule has 0 saturated heterocycles. The van der Waals surface area contributed by atoms with E-state index >= 15 is 0 Å². The highest BCUT2D eigenvalue weighted by molar-refractivity contribution is 7.80. The van der Waals surface area contributed by atoms with Gasteiger partial charge in [-0.1, -0.05) is 19.8 Å². The van der Waals surface area contributed by atoms with E-state index in [9.17, 15) is 4.79 Å². The molecule has 6 heteroatoms. The first-order valence-electron chi connectivity index (χ1n) is 7.41. The zero-order chi connectivity index (χ0) is 14.8. The summed E-state index contributed by atoms with van der Waals surface area (Å²) in [6.45, 7) is 2.27. The van der Waals surface area contributed by atoms with Gasteiger partial charge in [-0.25, -0.2) is 4.79 Å². The lowest BCUT2D eigenvalue weighted by atomic mass is 9.86. The summed E-state index contributed by atoms with van der Waals surface area (Å²) in [4.78, 5) is 16.7. The van der Waals surface area contributed by atoms with Gasteiger partial charge in [0, 0.05) is 11.7 Å². The van der Waals surface area contributed by atoms with Gasteiger partial charge in [0.05, 0.1) is 11.0 Å². The van der Waals surface area contributed by atoms with Crippen LogP contribution < -0.4 is 16.3 Å². The number of fused-ring (bicyclic) bond motifs is 1. The second-order valence-corrected chi connectivity index (χ2v) is 6.21. The number of hydrogen-bond donors (Lipinski definition) is 4. The molecule has 0 aliphatic heterocycles. The molecule has 5 nitrogen and oxygen atoms in total. The minimum atomic E-state index is -0.195. The first-order chi connectivity index (χ1) is 10.1. The fraction of sp³-hybridized carbons (Fsp3) is 0.467. The van der Waals surface area contributed by atoms with Crippen molar-refractivity contribution in [2.24, 2.45) is 5.92 Å². The first kappa shape index (κ1) is 14.1. The second kappa shape index (κ2) is 5.89. The third kappa shape index (κ3) is 3.26. The molecule has 1 heterocycles. The number of anilines is 1. The quantitative estimate of drug-likeness (QED) is 0.644. The molecule has 2 atom stereocenters. The van der Waals surface area contributed by atoms with Crippen molar-refractivity contribution < 1.29 is 0 Å². The predicted octanol–water partition coefficient (Wildman–Crippen LogP) is 2.72. The predicted molar refractivity (Wildman–Crippen MR) is 89.7 cm³/mol. The molecular weight excluding hydrogens is 284 g/mol. The highest BCUT2D eigenvalue weighted by Gasteiger charge is 2.21. The summed E-state index contributed by atoms with van der Waals surface area (Å²) >= 11 is 5.40. The Kier molecular flexibility index (Phi) is 3.96. The molecule has 2 aromatic rings. The van der Waals surface area contributed by atoms with Gasteiger partial charge in [-0.3, -0.25) is 0 Å². The number of rotatable bonds is 2. The molecular formula is C15H20N4OS. The van der Waals surface area contributed by atoms with Crippen molar-refractivity contribution in [1.29, 1.82) is 0 Å². The summed E-state index contributed by atoms with van der Waals surface area (Å²) in [7, 11) is 0. The molecule has 1 aromatic carbocycles. The number of thiocarbonyl (C=S) groups is 1. The second-order valence-electron chi connectivity index (χ2n) is 5.81. The Bertz CT molecular complexity index is 705. The van der Waals surface area contributed by atoms with E-state index in [2.05, 4.69) is 27.5 Å². The summed E-state index contributed by atoms with van der Waals surface area (Å²) in [5.74, 6) is 0.655. The molecule has 0 unspecified atom stereocenters. The van der Waals surface area contributed by atoms with E-state index in [1.165, 1.54) is 25.7 Å². The Balaban J connectivity index is 1.66. The van der Waals surface area contributed by atoms with Crippen LogP contribution in [0, 0.1) is 5.92 Å². The molecule has 21 heavy (non-hydrogen) atoms. The van der Waals surface area contributed by atoms with Crippen LogP contribution in [-0.4, -0.2) is 21.1 Å². The number of aromatic nitrogens is 2. The van der Waals surface area contributed by atoms with Crippen LogP contribution in [0.4, 0.5) is 5.69 Å². The molecule has 1 aliphatic carbocycles. The van der Waals surface area contributed by atoms with Crippen LogP contribution in [0.1, 0.15) is 32.6 Å². The monoisotopic (exact) mass is 304 g/mol. The van der Waals surface area contributed by atoms with Crippen LogP contribution in [0.25, 0.3) is 11.0 Å². The first-order valence-corrected chi connectivity index (χ1v) is 7.82. The minimum Gasteiger partial charge on any atom is -0.359 e. The summed E-state index contributed by atoms with van der Waals surface area (Å²) in [5.41, 5.74) is 2.25. The number of nitrogens with one attached hydrogen (secondary N) is 4. The summed E-state index contributed by atoms with van der Waals surface area (Å²) < 4.78 is 0. The van der Waals surface area contributed by atoms with Crippen LogP contribution >= 0.6 is 12.2 Å². The van der Waals surface area contributed by atoms with Gasteiger partial charge in [0.1, 0.15) is 0 Å². The van der Waals surface area contributed by atoms with E-state index in [-0.39, 0.29) is 5.69 Å². The van der Waals surface area contributed by atoms with Crippen molar-refractivity contribution >= 4 is 34.1 Å². The number of aromatic amines is 2. The van der Waals surface area contributed by atoms with Gasteiger partial charge in [-0.15, -0.1) is 0 Å². The van der Waals surface area contributed by atoms with Crippen molar-refractivity contribution in [2.75, 3.05) is 5.32 Å². The maximum absolute atomic E-state index is 11.3. The molecule has 0 radical (unpaired) electrons. The summed E-state index contributed by atoms with van der Waals surface area (Å²) in [6, 6.07) is 6.10. The number of benzene rings is 1. The van der Waals surface area contributed by atoms with E-state index in [1.54, 1.807) is 0 Å². The normalized spacial score (nSPS) is 22.1. The lowest BCUT2D eigenvalue weighted by molar-refractivity contribution is 0.309. The van der Waals surface area contributed by atoms with Gasteiger partial charge < -0.3 is 20.6 Å². The van der Waals surface area contributed by atoms with Gasteiger partial charge >= 0.3 is 5.69 Å². The van der Waals surface area contributed by atoms with Gasteiger partial charge in [-0.2, -0.15) is 0 Å². The average molecular weight is 304 g/mol. The van der Waals surface area contributed by atoms with Crippen LogP contribution in [0.5, 0.6) is 0 Å². The molecule has 0 bridgehead atoms. The Labute approximate surface area is 128 Å². The van der Waals surface area contributed by atoms with Gasteiger partial charge in [0.15, 0.2) is 5.11 Å².